The van der Waals surface area contributed by atoms with Crippen molar-refractivity contribution < 1.29 is 14.4 Å². The molecule has 3 aromatic carbocycles. The number of H-pyrrole nitrogens is 1. The first-order valence-corrected chi connectivity index (χ1v) is 20.4. The van der Waals surface area contributed by atoms with Crippen molar-refractivity contribution in [2.75, 3.05) is 20.1 Å². The highest BCUT2D eigenvalue weighted by Gasteiger charge is 2.34. The second-order valence-corrected chi connectivity index (χ2v) is 15.6. The fourth-order valence-electron chi connectivity index (χ4n) is 7.06. The van der Waals surface area contributed by atoms with E-state index in [1.54, 1.807) is 25.4 Å². The fourth-order valence-corrected chi connectivity index (χ4v) is 8.42. The maximum atomic E-state index is 14.6. The molecule has 1 aliphatic rings. The predicted molar refractivity (Wildman–Crippen MR) is 224 cm³/mol. The van der Waals surface area contributed by atoms with Crippen LogP contribution in [0.2, 0.25) is 5.02 Å². The van der Waals surface area contributed by atoms with Gasteiger partial charge in [0.1, 0.15) is 17.1 Å². The number of nitriles is 1. The zero-order chi connectivity index (χ0) is 40.3. The maximum absolute atomic E-state index is 14.6. The van der Waals surface area contributed by atoms with Crippen LogP contribution in [0.15, 0.2) is 95.1 Å². The predicted octanol–water partition coefficient (Wildman–Crippen LogP) is 5.42. The Morgan fingerprint density at radius 2 is 1.67 bits per heavy atom. The van der Waals surface area contributed by atoms with Crippen molar-refractivity contribution in [3.05, 3.63) is 112 Å². The summed E-state index contributed by atoms with van der Waals surface area (Å²) >= 11 is 8.49. The van der Waals surface area contributed by atoms with E-state index in [4.69, 9.17) is 28.1 Å². The van der Waals surface area contributed by atoms with Gasteiger partial charge >= 0.3 is 0 Å². The third kappa shape index (κ3) is 10.2. The van der Waals surface area contributed by atoms with Gasteiger partial charge in [-0.15, -0.1) is 0 Å². The van der Waals surface area contributed by atoms with E-state index in [0.29, 0.717) is 72.2 Å². The molecule has 14 heteroatoms. The van der Waals surface area contributed by atoms with Crippen LogP contribution in [0, 0.1) is 11.3 Å². The molecule has 12 nitrogen and oxygen atoms in total. The average Bonchev–Trinajstić information content (AvgIpc) is 3.64. The van der Waals surface area contributed by atoms with Crippen LogP contribution in [0.5, 0.6) is 0 Å². The van der Waals surface area contributed by atoms with Crippen molar-refractivity contribution in [3.63, 3.8) is 0 Å². The smallest absolute Gasteiger partial charge is 0.245 e. The van der Waals surface area contributed by atoms with Gasteiger partial charge in [0.05, 0.1) is 22.7 Å². The van der Waals surface area contributed by atoms with E-state index in [2.05, 4.69) is 27.0 Å². The third-order valence-electron chi connectivity index (χ3n) is 10.3. The Balaban J connectivity index is 1.45. The first-order valence-electron chi connectivity index (χ1n) is 19.2. The number of likely N-dealkylation sites (N-methyl/N-ethyl adjacent to an activating group) is 1. The SMILES string of the molecule is CN1C(=O)[C@H](CCCCN)NC(=O)[C@H](CCCN)NCc2cccnc2Sc2c(Cl)cc(-c3ccc(C#N)cc3)cc2CNC(=O)[C@@H]1Cc1c[nH]c2ccccc12. The Hall–Kier alpha value is -5.23. The van der Waals surface area contributed by atoms with Crippen LogP contribution in [0.4, 0.5) is 0 Å². The number of benzene rings is 3. The number of fused-ring (bicyclic) bond motifs is 3. The van der Waals surface area contributed by atoms with Gasteiger partial charge in [0, 0.05) is 54.8 Å². The molecule has 0 bridgehead atoms. The Labute approximate surface area is 342 Å². The Kier molecular flexibility index (Phi) is 14.4. The molecule has 5 aromatic rings. The lowest BCUT2D eigenvalue weighted by Crippen LogP contribution is -2.57. The lowest BCUT2D eigenvalue weighted by Gasteiger charge is -2.32. The quantitative estimate of drug-likeness (QED) is 0.100. The molecule has 1 aliphatic heterocycles. The van der Waals surface area contributed by atoms with Crippen LogP contribution in [0.25, 0.3) is 22.0 Å². The number of carbonyl (C=O) groups excluding carboxylic acids is 3. The number of para-hydroxylation sites is 1. The van der Waals surface area contributed by atoms with Crippen LogP contribution in [0.1, 0.15) is 54.4 Å². The number of nitrogens with one attached hydrogen (secondary N) is 4. The molecule has 6 rings (SSSR count). The minimum atomic E-state index is -0.942. The average molecular weight is 806 g/mol. The summed E-state index contributed by atoms with van der Waals surface area (Å²) in [5.74, 6) is -1.07. The molecule has 0 radical (unpaired) electrons. The lowest BCUT2D eigenvalue weighted by atomic mass is 10.00. The number of hydrogen-bond donors (Lipinski definition) is 6. The number of aromatic nitrogens is 2. The van der Waals surface area contributed by atoms with Gasteiger partial charge in [0.2, 0.25) is 17.7 Å². The van der Waals surface area contributed by atoms with E-state index in [1.807, 2.05) is 66.9 Å². The van der Waals surface area contributed by atoms with Crippen LogP contribution >= 0.6 is 23.4 Å². The van der Waals surface area contributed by atoms with E-state index in [9.17, 15) is 19.6 Å². The van der Waals surface area contributed by atoms with Gasteiger partial charge in [-0.3, -0.25) is 14.4 Å². The van der Waals surface area contributed by atoms with Crippen molar-refractivity contribution in [3.8, 4) is 17.2 Å². The number of carbonyl (C=O) groups is 3. The number of nitrogens with two attached hydrogens (primary N) is 2. The molecule has 0 fully saturated rings. The second-order valence-electron chi connectivity index (χ2n) is 14.2. The molecule has 0 aliphatic carbocycles. The zero-order valence-electron chi connectivity index (χ0n) is 31.9. The molecule has 57 heavy (non-hydrogen) atoms. The number of aromatic amines is 1. The van der Waals surface area contributed by atoms with Gasteiger partial charge in [-0.2, -0.15) is 5.26 Å². The fraction of sp³-hybridized carbons (Fsp3) is 0.326. The summed E-state index contributed by atoms with van der Waals surface area (Å²) in [6.45, 7) is 1.24. The minimum absolute atomic E-state index is 0.0929. The van der Waals surface area contributed by atoms with Gasteiger partial charge in [-0.1, -0.05) is 59.8 Å². The monoisotopic (exact) mass is 805 g/mol. The van der Waals surface area contributed by atoms with E-state index in [-0.39, 0.29) is 30.7 Å². The number of nitrogens with zero attached hydrogens (tertiary/aromatic N) is 3. The van der Waals surface area contributed by atoms with Gasteiger partial charge in [-0.25, -0.2) is 4.98 Å². The Morgan fingerprint density at radius 3 is 2.44 bits per heavy atom. The second kappa shape index (κ2) is 19.8. The highest BCUT2D eigenvalue weighted by Crippen LogP contribution is 2.40. The summed E-state index contributed by atoms with van der Waals surface area (Å²) < 4.78 is 0. The summed E-state index contributed by atoms with van der Waals surface area (Å²) in [7, 11) is 1.62. The molecular weight excluding hydrogens is 758 g/mol. The molecule has 0 unspecified atom stereocenters. The van der Waals surface area contributed by atoms with E-state index >= 15 is 0 Å². The Morgan fingerprint density at radius 1 is 0.895 bits per heavy atom. The largest absolute Gasteiger partial charge is 0.361 e. The number of halogens is 1. The topological polar surface area (TPSA) is 195 Å². The summed E-state index contributed by atoms with van der Waals surface area (Å²) in [5, 5.41) is 21.1. The van der Waals surface area contributed by atoms with Crippen molar-refractivity contribution in [2.24, 2.45) is 11.5 Å². The molecular formula is C43H48ClN9O3S. The molecule has 296 valence electrons. The molecule has 3 atom stereocenters. The molecule has 2 aromatic heterocycles. The highest BCUT2D eigenvalue weighted by molar-refractivity contribution is 7.99. The molecule has 3 amide bonds. The van der Waals surface area contributed by atoms with Gasteiger partial charge in [0.15, 0.2) is 0 Å². The normalized spacial score (nSPS) is 18.3. The van der Waals surface area contributed by atoms with Gasteiger partial charge in [0.25, 0.3) is 0 Å². The zero-order valence-corrected chi connectivity index (χ0v) is 33.5. The minimum Gasteiger partial charge on any atom is -0.361 e. The van der Waals surface area contributed by atoms with E-state index in [0.717, 1.165) is 38.7 Å². The van der Waals surface area contributed by atoms with Crippen molar-refractivity contribution in [1.29, 1.82) is 5.26 Å². The van der Waals surface area contributed by atoms with Gasteiger partial charge < -0.3 is 37.3 Å². The first kappa shape index (κ1) is 41.4. The Bertz CT molecular complexity index is 2240. The lowest BCUT2D eigenvalue weighted by molar-refractivity contribution is -0.142. The molecule has 0 saturated heterocycles. The van der Waals surface area contributed by atoms with Crippen molar-refractivity contribution >= 4 is 52.0 Å². The summed E-state index contributed by atoms with van der Waals surface area (Å²) in [6, 6.07) is 22.3. The molecule has 0 saturated carbocycles. The van der Waals surface area contributed by atoms with E-state index in [1.165, 1.54) is 16.7 Å². The molecule has 8 N–H and O–H groups in total. The van der Waals surface area contributed by atoms with Crippen LogP contribution in [-0.4, -0.2) is 70.9 Å². The first-order chi connectivity index (χ1) is 27.7. The highest BCUT2D eigenvalue weighted by atomic mass is 35.5. The number of rotatable bonds is 10. The summed E-state index contributed by atoms with van der Waals surface area (Å²) in [6.07, 6.45) is 6.45. The van der Waals surface area contributed by atoms with Crippen molar-refractivity contribution in [1.82, 2.24) is 30.8 Å². The van der Waals surface area contributed by atoms with Crippen LogP contribution < -0.4 is 27.4 Å². The number of pyridine rings is 1. The van der Waals surface area contributed by atoms with Crippen LogP contribution in [0.3, 0.4) is 0 Å². The molecule has 0 spiro atoms. The van der Waals surface area contributed by atoms with E-state index < -0.39 is 18.1 Å². The summed E-state index contributed by atoms with van der Waals surface area (Å²) in [5.41, 5.74) is 17.3. The third-order valence-corrected chi connectivity index (χ3v) is 11.9. The van der Waals surface area contributed by atoms with Crippen molar-refractivity contribution in [2.45, 2.75) is 79.7 Å². The number of hydrogen-bond acceptors (Lipinski definition) is 9. The summed E-state index contributed by atoms with van der Waals surface area (Å²) in [4.78, 5) is 53.4. The number of amides is 3. The standard InChI is InChI=1S/C43H48ClN9O3S/c1-53-38(22-31-25-49-35-10-3-2-9-33(31)35)41(55)51-26-32-20-30(28-15-13-27(23-47)14-16-28)21-34(44)39(32)57-42-29(8-7-19-48-42)24-50-36(12-6-18-46)40(54)52-37(43(53)56)11-4-5-17-45/h2-3,7-10,13-16,19-21,25,36-38,49-50H,4-6,11-12,17-18,22,24,26,45-46H2,1H3,(H,51,55)(H,52,54)/t36-,37-,38-/m0/s1. The van der Waals surface area contributed by atoms with Gasteiger partial charge in [-0.05, 0) is 109 Å². The van der Waals surface area contributed by atoms with Crippen LogP contribution in [-0.2, 0) is 33.9 Å². The number of unbranched alkanes of at least 4 members (excludes halogenated alkanes) is 1. The molecule has 3 heterocycles. The maximum Gasteiger partial charge on any atom is 0.245 e.